The second-order valence-electron chi connectivity index (χ2n) is 5.88. The quantitative estimate of drug-likeness (QED) is 0.625. The Labute approximate surface area is 156 Å². The lowest BCUT2D eigenvalue weighted by molar-refractivity contribution is 0.102. The van der Waals surface area contributed by atoms with Gasteiger partial charge in [0.1, 0.15) is 11.3 Å². The highest BCUT2D eigenvalue weighted by Crippen LogP contribution is 2.28. The number of hydrogen-bond donors (Lipinski definition) is 3. The summed E-state index contributed by atoms with van der Waals surface area (Å²) in [5.74, 6) is 0.00618. The van der Waals surface area contributed by atoms with Crippen molar-refractivity contribution in [3.8, 4) is 5.75 Å². The maximum atomic E-state index is 12.8. The Hall–Kier alpha value is -3.61. The fraction of sp³-hybridized carbons (Fsp3) is 0.150. The van der Waals surface area contributed by atoms with E-state index in [-0.39, 0.29) is 5.56 Å². The largest absolute Gasteiger partial charge is 0.495 e. The number of nitrogens with zero attached hydrogens (tertiary/aromatic N) is 1. The van der Waals surface area contributed by atoms with Gasteiger partial charge >= 0.3 is 0 Å². The number of benzene rings is 1. The summed E-state index contributed by atoms with van der Waals surface area (Å²) in [5, 5.41) is 5.89. The molecular weight excluding hydrogens is 344 g/mol. The number of carbonyl (C=O) groups excluding carboxylic acids is 1. The predicted molar refractivity (Wildman–Crippen MR) is 104 cm³/mol. The van der Waals surface area contributed by atoms with Crippen LogP contribution in [-0.2, 0) is 6.54 Å². The number of H-pyrrole nitrogens is 1. The van der Waals surface area contributed by atoms with Gasteiger partial charge in [-0.25, -0.2) is 0 Å². The van der Waals surface area contributed by atoms with Gasteiger partial charge in [-0.2, -0.15) is 0 Å². The first-order valence-electron chi connectivity index (χ1n) is 8.40. The number of aromatic nitrogens is 2. The SMILES string of the molecule is COc1cccc(C)c1NC(=O)c1c(NCc2ccccn2)cc[nH]c1=O. The highest BCUT2D eigenvalue weighted by atomic mass is 16.5. The Morgan fingerprint density at radius 1 is 1.19 bits per heavy atom. The van der Waals surface area contributed by atoms with Gasteiger partial charge in [0.15, 0.2) is 0 Å². The van der Waals surface area contributed by atoms with Gasteiger partial charge in [-0.3, -0.25) is 14.6 Å². The van der Waals surface area contributed by atoms with Gasteiger partial charge in [-0.05, 0) is 36.8 Å². The Morgan fingerprint density at radius 2 is 2.04 bits per heavy atom. The molecule has 0 bridgehead atoms. The highest BCUT2D eigenvalue weighted by Gasteiger charge is 2.18. The van der Waals surface area contributed by atoms with Crippen molar-refractivity contribution in [1.82, 2.24) is 9.97 Å². The monoisotopic (exact) mass is 364 g/mol. The van der Waals surface area contributed by atoms with Crippen LogP contribution in [0, 0.1) is 6.92 Å². The van der Waals surface area contributed by atoms with Gasteiger partial charge in [-0.1, -0.05) is 18.2 Å². The lowest BCUT2D eigenvalue weighted by atomic mass is 10.1. The standard InChI is InChI=1S/C20H20N4O3/c1-13-6-5-8-16(27-2)18(13)24-20(26)17-15(9-11-22-19(17)25)23-12-14-7-3-4-10-21-14/h3-11H,12H2,1-2H3,(H,24,26)(H2,22,23,25). The molecule has 0 aliphatic heterocycles. The number of amides is 1. The summed E-state index contributed by atoms with van der Waals surface area (Å²) in [6.07, 6.45) is 3.18. The molecular formula is C20H20N4O3. The van der Waals surface area contributed by atoms with Crippen LogP contribution in [0.5, 0.6) is 5.75 Å². The van der Waals surface area contributed by atoms with Crippen LogP contribution in [0.25, 0.3) is 0 Å². The van der Waals surface area contributed by atoms with Crippen LogP contribution in [-0.4, -0.2) is 23.0 Å². The van der Waals surface area contributed by atoms with E-state index in [1.807, 2.05) is 37.3 Å². The molecule has 1 aromatic carbocycles. The summed E-state index contributed by atoms with van der Waals surface area (Å²) < 4.78 is 5.30. The lowest BCUT2D eigenvalue weighted by Gasteiger charge is -2.14. The van der Waals surface area contributed by atoms with Crippen molar-refractivity contribution in [2.45, 2.75) is 13.5 Å². The average Bonchev–Trinajstić information content (AvgIpc) is 2.68. The zero-order valence-electron chi connectivity index (χ0n) is 15.1. The maximum absolute atomic E-state index is 12.8. The Balaban J connectivity index is 1.88. The zero-order chi connectivity index (χ0) is 19.2. The Kier molecular flexibility index (Phi) is 5.51. The van der Waals surface area contributed by atoms with E-state index >= 15 is 0 Å². The predicted octanol–water partition coefficient (Wildman–Crippen LogP) is 2.95. The molecule has 3 N–H and O–H groups in total. The molecule has 138 valence electrons. The molecule has 27 heavy (non-hydrogen) atoms. The van der Waals surface area contributed by atoms with Crippen molar-refractivity contribution in [2.75, 3.05) is 17.7 Å². The molecule has 0 saturated heterocycles. The minimum Gasteiger partial charge on any atom is -0.495 e. The van der Waals surface area contributed by atoms with Gasteiger partial charge < -0.3 is 20.4 Å². The molecule has 0 saturated carbocycles. The molecule has 3 rings (SSSR count). The van der Waals surface area contributed by atoms with E-state index in [9.17, 15) is 9.59 Å². The molecule has 7 heteroatoms. The summed E-state index contributed by atoms with van der Waals surface area (Å²) in [4.78, 5) is 31.9. The van der Waals surface area contributed by atoms with E-state index < -0.39 is 11.5 Å². The molecule has 7 nitrogen and oxygen atoms in total. The smallest absolute Gasteiger partial charge is 0.263 e. The molecule has 2 aromatic heterocycles. The molecule has 1 amide bonds. The fourth-order valence-electron chi connectivity index (χ4n) is 2.69. The number of pyridine rings is 2. The number of methoxy groups -OCH3 is 1. The summed E-state index contributed by atoms with van der Waals surface area (Å²) in [7, 11) is 1.53. The number of aromatic amines is 1. The second-order valence-corrected chi connectivity index (χ2v) is 5.88. The summed E-state index contributed by atoms with van der Waals surface area (Å²) in [6.45, 7) is 2.24. The molecule has 0 radical (unpaired) electrons. The average molecular weight is 364 g/mol. The third-order valence-electron chi connectivity index (χ3n) is 4.07. The number of carbonyl (C=O) groups is 1. The number of rotatable bonds is 6. The molecule has 0 atom stereocenters. The summed E-state index contributed by atoms with van der Waals surface area (Å²) in [6, 6.07) is 12.6. The van der Waals surface area contributed by atoms with Crippen LogP contribution < -0.4 is 20.9 Å². The van der Waals surface area contributed by atoms with Crippen molar-refractivity contribution in [1.29, 1.82) is 0 Å². The van der Waals surface area contributed by atoms with E-state index in [0.29, 0.717) is 23.7 Å². The molecule has 0 fully saturated rings. The number of hydrogen-bond acceptors (Lipinski definition) is 5. The van der Waals surface area contributed by atoms with Gasteiger partial charge in [0.05, 0.1) is 30.7 Å². The maximum Gasteiger partial charge on any atom is 0.263 e. The van der Waals surface area contributed by atoms with Crippen LogP contribution in [0.15, 0.2) is 59.7 Å². The van der Waals surface area contributed by atoms with Gasteiger partial charge in [0.25, 0.3) is 11.5 Å². The van der Waals surface area contributed by atoms with E-state index in [0.717, 1.165) is 11.3 Å². The molecule has 0 spiro atoms. The highest BCUT2D eigenvalue weighted by molar-refractivity contribution is 6.08. The minimum absolute atomic E-state index is 0.00117. The van der Waals surface area contributed by atoms with Crippen molar-refractivity contribution in [3.63, 3.8) is 0 Å². The third-order valence-corrected chi connectivity index (χ3v) is 4.07. The van der Waals surface area contributed by atoms with Gasteiger partial charge in [-0.15, -0.1) is 0 Å². The first-order chi connectivity index (χ1) is 13.1. The van der Waals surface area contributed by atoms with Gasteiger partial charge in [0, 0.05) is 12.4 Å². The molecule has 3 aromatic rings. The Bertz CT molecular complexity index is 1000. The van der Waals surface area contributed by atoms with E-state index in [1.54, 1.807) is 18.3 Å². The molecule has 0 unspecified atom stereocenters. The fourth-order valence-corrected chi connectivity index (χ4v) is 2.69. The van der Waals surface area contributed by atoms with E-state index in [4.69, 9.17) is 4.74 Å². The first kappa shape index (κ1) is 18.2. The number of para-hydroxylation sites is 1. The van der Waals surface area contributed by atoms with Crippen molar-refractivity contribution >= 4 is 17.3 Å². The molecule has 0 aliphatic carbocycles. The Morgan fingerprint density at radius 3 is 2.78 bits per heavy atom. The number of aryl methyl sites for hydroxylation is 1. The third kappa shape index (κ3) is 4.14. The van der Waals surface area contributed by atoms with E-state index in [1.165, 1.54) is 13.3 Å². The van der Waals surface area contributed by atoms with Crippen molar-refractivity contribution in [3.05, 3.63) is 82.0 Å². The minimum atomic E-state index is -0.520. The van der Waals surface area contributed by atoms with Crippen LogP contribution in [0.2, 0.25) is 0 Å². The summed E-state index contributed by atoms with van der Waals surface area (Å²) in [5.41, 5.74) is 2.10. The van der Waals surface area contributed by atoms with Crippen LogP contribution in [0.3, 0.4) is 0 Å². The van der Waals surface area contributed by atoms with Crippen molar-refractivity contribution in [2.24, 2.45) is 0 Å². The van der Waals surface area contributed by atoms with Crippen LogP contribution >= 0.6 is 0 Å². The molecule has 2 heterocycles. The first-order valence-corrected chi connectivity index (χ1v) is 8.40. The van der Waals surface area contributed by atoms with Crippen LogP contribution in [0.1, 0.15) is 21.6 Å². The number of anilines is 2. The number of nitrogens with one attached hydrogen (secondary N) is 3. The van der Waals surface area contributed by atoms with Crippen LogP contribution in [0.4, 0.5) is 11.4 Å². The summed E-state index contributed by atoms with van der Waals surface area (Å²) >= 11 is 0. The lowest BCUT2D eigenvalue weighted by Crippen LogP contribution is -2.25. The topological polar surface area (TPSA) is 96.1 Å². The van der Waals surface area contributed by atoms with Crippen molar-refractivity contribution < 1.29 is 9.53 Å². The zero-order valence-corrected chi connectivity index (χ0v) is 15.1. The second kappa shape index (κ2) is 8.18. The molecule has 0 aliphatic rings. The van der Waals surface area contributed by atoms with E-state index in [2.05, 4.69) is 20.6 Å². The van der Waals surface area contributed by atoms with Gasteiger partial charge in [0.2, 0.25) is 0 Å². The number of ether oxygens (including phenoxy) is 1. The normalized spacial score (nSPS) is 10.3.